The van der Waals surface area contributed by atoms with Gasteiger partial charge in [0.05, 0.1) is 12.1 Å². The van der Waals surface area contributed by atoms with Crippen molar-refractivity contribution in [3.8, 4) is 0 Å². The number of nitrogens with zero attached hydrogens (tertiary/aromatic N) is 2. The van der Waals surface area contributed by atoms with Crippen molar-refractivity contribution in [2.75, 3.05) is 18.4 Å². The van der Waals surface area contributed by atoms with Gasteiger partial charge in [-0.1, -0.05) is 19.8 Å². The van der Waals surface area contributed by atoms with Crippen LogP contribution in [0.4, 0.5) is 9.93 Å². The Morgan fingerprint density at radius 1 is 1.25 bits per heavy atom. The third-order valence-electron chi connectivity index (χ3n) is 4.93. The second-order valence-electron chi connectivity index (χ2n) is 6.96. The number of nitrogens with one attached hydrogen (secondary N) is 2. The normalized spacial score (nSPS) is 19.5. The Balaban J connectivity index is 1.46. The van der Waals surface area contributed by atoms with Crippen molar-refractivity contribution in [3.63, 3.8) is 0 Å². The van der Waals surface area contributed by atoms with E-state index in [0.29, 0.717) is 17.5 Å². The van der Waals surface area contributed by atoms with Gasteiger partial charge in [-0.2, -0.15) is 0 Å². The zero-order chi connectivity index (χ0) is 16.9. The standard InChI is InChI=1S/C17H26N4O2S/c1-12-6-8-21(9-7-12)15(22)10-14-11-24-17(19-14)20-16(23)18-13-4-2-3-5-13/h11-13H,2-10H2,1H3,(H2,18,19,20,23). The van der Waals surface area contributed by atoms with Crippen molar-refractivity contribution in [1.29, 1.82) is 0 Å². The number of carbonyl (C=O) groups is 2. The second kappa shape index (κ2) is 7.96. The van der Waals surface area contributed by atoms with Gasteiger partial charge in [-0.25, -0.2) is 9.78 Å². The monoisotopic (exact) mass is 350 g/mol. The summed E-state index contributed by atoms with van der Waals surface area (Å²) in [7, 11) is 0. The van der Waals surface area contributed by atoms with E-state index >= 15 is 0 Å². The summed E-state index contributed by atoms with van der Waals surface area (Å²) in [6, 6.07) is 0.0895. The average molecular weight is 350 g/mol. The number of hydrogen-bond acceptors (Lipinski definition) is 4. The van der Waals surface area contributed by atoms with E-state index in [0.717, 1.165) is 44.5 Å². The number of urea groups is 1. The number of carbonyl (C=O) groups excluding carboxylic acids is 2. The number of rotatable bonds is 4. The first-order valence-corrected chi connectivity index (χ1v) is 9.78. The number of likely N-dealkylation sites (tertiary alicyclic amines) is 1. The first-order valence-electron chi connectivity index (χ1n) is 8.90. The van der Waals surface area contributed by atoms with Crippen LogP contribution in [0.1, 0.15) is 51.1 Å². The molecule has 6 nitrogen and oxygen atoms in total. The quantitative estimate of drug-likeness (QED) is 0.876. The third-order valence-corrected chi connectivity index (χ3v) is 5.74. The summed E-state index contributed by atoms with van der Waals surface area (Å²) in [6.07, 6.45) is 6.96. The number of hydrogen-bond donors (Lipinski definition) is 2. The van der Waals surface area contributed by atoms with E-state index in [-0.39, 0.29) is 18.0 Å². The highest BCUT2D eigenvalue weighted by Crippen LogP contribution is 2.20. The average Bonchev–Trinajstić information content (AvgIpc) is 3.20. The fourth-order valence-electron chi connectivity index (χ4n) is 3.36. The van der Waals surface area contributed by atoms with Crippen LogP contribution in [-0.2, 0) is 11.2 Å². The maximum atomic E-state index is 12.3. The molecule has 0 unspecified atom stereocenters. The Morgan fingerprint density at radius 3 is 2.67 bits per heavy atom. The molecule has 1 saturated heterocycles. The van der Waals surface area contributed by atoms with Crippen LogP contribution in [0.5, 0.6) is 0 Å². The Kier molecular flexibility index (Phi) is 5.71. The van der Waals surface area contributed by atoms with Crippen molar-refractivity contribution in [2.45, 2.75) is 57.9 Å². The van der Waals surface area contributed by atoms with E-state index in [1.807, 2.05) is 10.3 Å². The molecule has 0 atom stereocenters. The third kappa shape index (κ3) is 4.69. The van der Waals surface area contributed by atoms with E-state index < -0.39 is 0 Å². The van der Waals surface area contributed by atoms with Crippen LogP contribution in [-0.4, -0.2) is 41.0 Å². The van der Waals surface area contributed by atoms with Gasteiger partial charge in [-0.15, -0.1) is 11.3 Å². The van der Waals surface area contributed by atoms with Gasteiger partial charge in [0.15, 0.2) is 5.13 Å². The van der Waals surface area contributed by atoms with Gasteiger partial charge in [0.1, 0.15) is 0 Å². The zero-order valence-electron chi connectivity index (χ0n) is 14.2. The Bertz CT molecular complexity index is 575. The maximum Gasteiger partial charge on any atom is 0.321 e. The van der Waals surface area contributed by atoms with E-state index in [1.165, 1.54) is 24.2 Å². The van der Waals surface area contributed by atoms with Crippen LogP contribution in [0.25, 0.3) is 0 Å². The molecule has 1 aliphatic carbocycles. The molecule has 1 aromatic rings. The van der Waals surface area contributed by atoms with Gasteiger partial charge < -0.3 is 10.2 Å². The number of anilines is 1. The summed E-state index contributed by atoms with van der Waals surface area (Å²) < 4.78 is 0. The molecule has 0 radical (unpaired) electrons. The minimum Gasteiger partial charge on any atom is -0.342 e. The fourth-order valence-corrected chi connectivity index (χ4v) is 4.06. The molecule has 1 aliphatic heterocycles. The molecule has 2 heterocycles. The number of amides is 3. The minimum atomic E-state index is -0.195. The molecule has 132 valence electrons. The molecular weight excluding hydrogens is 324 g/mol. The van der Waals surface area contributed by atoms with E-state index in [2.05, 4.69) is 22.5 Å². The van der Waals surface area contributed by atoms with E-state index in [4.69, 9.17) is 0 Å². The van der Waals surface area contributed by atoms with Crippen LogP contribution in [0.2, 0.25) is 0 Å². The lowest BCUT2D eigenvalue weighted by Crippen LogP contribution is -2.38. The molecule has 1 saturated carbocycles. The molecular formula is C17H26N4O2S. The van der Waals surface area contributed by atoms with Gasteiger partial charge in [0.2, 0.25) is 5.91 Å². The van der Waals surface area contributed by atoms with Gasteiger partial charge in [0, 0.05) is 24.5 Å². The largest absolute Gasteiger partial charge is 0.342 e. The summed E-state index contributed by atoms with van der Waals surface area (Å²) in [4.78, 5) is 30.6. The molecule has 7 heteroatoms. The van der Waals surface area contributed by atoms with E-state index in [1.54, 1.807) is 0 Å². The smallest absolute Gasteiger partial charge is 0.321 e. The van der Waals surface area contributed by atoms with Crippen LogP contribution in [0.15, 0.2) is 5.38 Å². The minimum absolute atomic E-state index is 0.133. The lowest BCUT2D eigenvalue weighted by Gasteiger charge is -2.30. The molecule has 1 aromatic heterocycles. The van der Waals surface area contributed by atoms with Crippen LogP contribution >= 0.6 is 11.3 Å². The van der Waals surface area contributed by atoms with Gasteiger partial charge in [-0.05, 0) is 31.6 Å². The first-order chi connectivity index (χ1) is 11.6. The topological polar surface area (TPSA) is 74.3 Å². The molecule has 2 aliphatic rings. The lowest BCUT2D eigenvalue weighted by atomic mass is 9.99. The molecule has 0 spiro atoms. The maximum absolute atomic E-state index is 12.3. The zero-order valence-corrected chi connectivity index (χ0v) is 15.0. The van der Waals surface area contributed by atoms with E-state index in [9.17, 15) is 9.59 Å². The summed E-state index contributed by atoms with van der Waals surface area (Å²) in [5.41, 5.74) is 0.736. The van der Waals surface area contributed by atoms with Crippen LogP contribution in [0, 0.1) is 5.92 Å². The summed E-state index contributed by atoms with van der Waals surface area (Å²) in [6.45, 7) is 3.93. The molecule has 0 aromatic carbocycles. The van der Waals surface area contributed by atoms with Gasteiger partial charge in [-0.3, -0.25) is 10.1 Å². The number of aromatic nitrogens is 1. The predicted molar refractivity (Wildman–Crippen MR) is 95.2 cm³/mol. The first kappa shape index (κ1) is 17.2. The highest BCUT2D eigenvalue weighted by atomic mass is 32.1. The van der Waals surface area contributed by atoms with Crippen molar-refractivity contribution in [2.24, 2.45) is 5.92 Å². The highest BCUT2D eigenvalue weighted by Gasteiger charge is 2.21. The molecule has 0 bridgehead atoms. The molecule has 2 fully saturated rings. The molecule has 3 amide bonds. The van der Waals surface area contributed by atoms with Crippen molar-refractivity contribution >= 4 is 28.4 Å². The van der Waals surface area contributed by atoms with Crippen LogP contribution in [0.3, 0.4) is 0 Å². The summed E-state index contributed by atoms with van der Waals surface area (Å²) in [5.74, 6) is 0.844. The fraction of sp³-hybridized carbons (Fsp3) is 0.706. The Labute approximate surface area is 147 Å². The van der Waals surface area contributed by atoms with Crippen molar-refractivity contribution in [1.82, 2.24) is 15.2 Å². The van der Waals surface area contributed by atoms with Crippen molar-refractivity contribution < 1.29 is 9.59 Å². The molecule has 2 N–H and O–H groups in total. The Hall–Kier alpha value is -1.63. The summed E-state index contributed by atoms with van der Waals surface area (Å²) in [5, 5.41) is 8.17. The molecule has 24 heavy (non-hydrogen) atoms. The highest BCUT2D eigenvalue weighted by molar-refractivity contribution is 7.13. The van der Waals surface area contributed by atoms with Crippen molar-refractivity contribution in [3.05, 3.63) is 11.1 Å². The predicted octanol–water partition coefficient (Wildman–Crippen LogP) is 3.01. The molecule has 3 rings (SSSR count). The lowest BCUT2D eigenvalue weighted by molar-refractivity contribution is -0.131. The second-order valence-corrected chi connectivity index (χ2v) is 7.82. The number of thiazole rings is 1. The summed E-state index contributed by atoms with van der Waals surface area (Å²) >= 11 is 1.37. The number of piperidine rings is 1. The van der Waals surface area contributed by atoms with Gasteiger partial charge >= 0.3 is 6.03 Å². The SMILES string of the molecule is CC1CCN(C(=O)Cc2csc(NC(=O)NC3CCCC3)n2)CC1. The van der Waals surface area contributed by atoms with Gasteiger partial charge in [0.25, 0.3) is 0 Å². The Morgan fingerprint density at radius 2 is 1.96 bits per heavy atom. The van der Waals surface area contributed by atoms with Crippen LogP contribution < -0.4 is 10.6 Å².